The first-order chi connectivity index (χ1) is 9.66. The van der Waals surface area contributed by atoms with Crippen molar-refractivity contribution in [2.24, 2.45) is 0 Å². The third-order valence-corrected chi connectivity index (χ3v) is 2.76. The molecule has 0 aliphatic rings. The summed E-state index contributed by atoms with van der Waals surface area (Å²) in [7, 11) is 0. The maximum atomic E-state index is 11.8. The topological polar surface area (TPSA) is 64.1 Å². The van der Waals surface area contributed by atoms with Crippen molar-refractivity contribution in [3.8, 4) is 0 Å². The van der Waals surface area contributed by atoms with E-state index in [-0.39, 0.29) is 30.1 Å². The molecule has 0 unspecified atom stereocenters. The standard InChI is InChI=1S/C16H13NO3/c18-13(10-15(19)12-6-2-1-3-7-12)11-16(20)14-8-4-5-9-17-14/h1-9H,10-11H2. The van der Waals surface area contributed by atoms with E-state index in [4.69, 9.17) is 0 Å². The van der Waals surface area contributed by atoms with Crippen molar-refractivity contribution in [3.05, 3.63) is 66.0 Å². The first kappa shape index (κ1) is 13.8. The summed E-state index contributed by atoms with van der Waals surface area (Å²) >= 11 is 0. The van der Waals surface area contributed by atoms with Crippen LogP contribution in [0.25, 0.3) is 0 Å². The molecule has 2 rings (SSSR count). The van der Waals surface area contributed by atoms with Crippen molar-refractivity contribution in [2.75, 3.05) is 0 Å². The van der Waals surface area contributed by atoms with Gasteiger partial charge in [-0.2, -0.15) is 0 Å². The highest BCUT2D eigenvalue weighted by atomic mass is 16.2. The van der Waals surface area contributed by atoms with Gasteiger partial charge in [-0.05, 0) is 12.1 Å². The third kappa shape index (κ3) is 3.68. The fourth-order valence-corrected chi connectivity index (χ4v) is 1.77. The largest absolute Gasteiger partial charge is 0.299 e. The number of aromatic nitrogens is 1. The summed E-state index contributed by atoms with van der Waals surface area (Å²) in [5, 5.41) is 0. The van der Waals surface area contributed by atoms with E-state index >= 15 is 0 Å². The fourth-order valence-electron chi connectivity index (χ4n) is 1.77. The van der Waals surface area contributed by atoms with Gasteiger partial charge in [-0.1, -0.05) is 36.4 Å². The molecule has 0 N–H and O–H groups in total. The van der Waals surface area contributed by atoms with Crippen molar-refractivity contribution >= 4 is 17.3 Å². The zero-order valence-electron chi connectivity index (χ0n) is 10.8. The van der Waals surface area contributed by atoms with E-state index < -0.39 is 5.78 Å². The van der Waals surface area contributed by atoms with Crippen LogP contribution in [0.4, 0.5) is 0 Å². The maximum Gasteiger partial charge on any atom is 0.188 e. The average Bonchev–Trinajstić information content (AvgIpc) is 2.49. The van der Waals surface area contributed by atoms with Crippen LogP contribution in [0, 0.1) is 0 Å². The number of hydrogen-bond acceptors (Lipinski definition) is 4. The summed E-state index contributed by atoms with van der Waals surface area (Å²) in [6.45, 7) is 0. The first-order valence-corrected chi connectivity index (χ1v) is 6.21. The molecule has 0 radical (unpaired) electrons. The van der Waals surface area contributed by atoms with Crippen LogP contribution in [0.15, 0.2) is 54.7 Å². The van der Waals surface area contributed by atoms with E-state index in [9.17, 15) is 14.4 Å². The van der Waals surface area contributed by atoms with Gasteiger partial charge in [0.1, 0.15) is 11.5 Å². The molecule has 1 heterocycles. The molecule has 0 aliphatic carbocycles. The summed E-state index contributed by atoms with van der Waals surface area (Å²) in [6.07, 6.45) is 0.936. The zero-order chi connectivity index (χ0) is 14.4. The predicted molar refractivity (Wildman–Crippen MR) is 73.6 cm³/mol. The molecule has 0 aliphatic heterocycles. The van der Waals surface area contributed by atoms with E-state index in [0.717, 1.165) is 0 Å². The van der Waals surface area contributed by atoms with Crippen LogP contribution < -0.4 is 0 Å². The van der Waals surface area contributed by atoms with E-state index in [1.807, 2.05) is 0 Å². The van der Waals surface area contributed by atoms with Gasteiger partial charge in [-0.15, -0.1) is 0 Å². The van der Waals surface area contributed by atoms with Gasteiger partial charge in [0.15, 0.2) is 11.6 Å². The average molecular weight is 267 g/mol. The molecule has 0 spiro atoms. The summed E-state index contributed by atoms with van der Waals surface area (Å²) in [6, 6.07) is 13.5. The number of benzene rings is 1. The molecule has 0 saturated heterocycles. The van der Waals surface area contributed by atoms with E-state index in [1.165, 1.54) is 6.20 Å². The third-order valence-electron chi connectivity index (χ3n) is 2.76. The Labute approximate surface area is 116 Å². The van der Waals surface area contributed by atoms with Crippen molar-refractivity contribution in [3.63, 3.8) is 0 Å². The molecule has 0 atom stereocenters. The van der Waals surface area contributed by atoms with Crippen LogP contribution in [0.5, 0.6) is 0 Å². The van der Waals surface area contributed by atoms with Crippen molar-refractivity contribution in [2.45, 2.75) is 12.8 Å². The monoisotopic (exact) mass is 267 g/mol. The Morgan fingerprint density at radius 3 is 2.10 bits per heavy atom. The fraction of sp³-hybridized carbons (Fsp3) is 0.125. The van der Waals surface area contributed by atoms with Crippen molar-refractivity contribution < 1.29 is 14.4 Å². The molecule has 2 aromatic rings. The Hall–Kier alpha value is -2.62. The second-order valence-corrected chi connectivity index (χ2v) is 4.32. The minimum absolute atomic E-state index is 0.244. The van der Waals surface area contributed by atoms with Gasteiger partial charge in [0.25, 0.3) is 0 Å². The highest BCUT2D eigenvalue weighted by molar-refractivity contribution is 6.14. The number of carbonyl (C=O) groups excluding carboxylic acids is 3. The summed E-state index contributed by atoms with van der Waals surface area (Å²) in [5.41, 5.74) is 0.721. The Balaban J connectivity index is 1.93. The van der Waals surface area contributed by atoms with Crippen molar-refractivity contribution in [1.29, 1.82) is 0 Å². The van der Waals surface area contributed by atoms with Crippen LogP contribution in [0.1, 0.15) is 33.7 Å². The molecule has 100 valence electrons. The minimum atomic E-state index is -0.394. The Bertz CT molecular complexity index is 565. The second kappa shape index (κ2) is 6.52. The van der Waals surface area contributed by atoms with Crippen LogP contribution in [0.3, 0.4) is 0 Å². The molecule has 0 amide bonds. The molecule has 1 aromatic carbocycles. The lowest BCUT2D eigenvalue weighted by Crippen LogP contribution is -2.13. The first-order valence-electron chi connectivity index (χ1n) is 6.21. The highest BCUT2D eigenvalue weighted by Gasteiger charge is 2.16. The lowest BCUT2D eigenvalue weighted by molar-refractivity contribution is -0.117. The molecule has 4 nitrogen and oxygen atoms in total. The molecule has 4 heteroatoms. The number of ketones is 3. The Morgan fingerprint density at radius 1 is 0.800 bits per heavy atom. The van der Waals surface area contributed by atoms with Gasteiger partial charge < -0.3 is 0 Å². The van der Waals surface area contributed by atoms with E-state index in [2.05, 4.69) is 4.98 Å². The van der Waals surface area contributed by atoms with E-state index in [0.29, 0.717) is 5.56 Å². The maximum absolute atomic E-state index is 11.8. The molecule has 0 saturated carbocycles. The smallest absolute Gasteiger partial charge is 0.188 e. The molecule has 0 fully saturated rings. The number of hydrogen-bond donors (Lipinski definition) is 0. The minimum Gasteiger partial charge on any atom is -0.299 e. The number of rotatable bonds is 6. The summed E-state index contributed by atoms with van der Waals surface area (Å²) in [4.78, 5) is 39.2. The molecular formula is C16H13NO3. The Kier molecular flexibility index (Phi) is 4.50. The number of nitrogens with zero attached hydrogens (tertiary/aromatic N) is 1. The van der Waals surface area contributed by atoms with Gasteiger partial charge >= 0.3 is 0 Å². The van der Waals surface area contributed by atoms with Crippen LogP contribution in [-0.2, 0) is 4.79 Å². The van der Waals surface area contributed by atoms with Gasteiger partial charge in [-0.25, -0.2) is 0 Å². The zero-order valence-corrected chi connectivity index (χ0v) is 10.8. The summed E-state index contributed by atoms with van der Waals surface area (Å²) in [5.74, 6) is -1.03. The van der Waals surface area contributed by atoms with Gasteiger partial charge in [0.05, 0.1) is 12.8 Å². The highest BCUT2D eigenvalue weighted by Crippen LogP contribution is 2.07. The predicted octanol–water partition coefficient (Wildman–Crippen LogP) is 2.50. The Morgan fingerprint density at radius 2 is 1.45 bits per heavy atom. The lowest BCUT2D eigenvalue weighted by atomic mass is 10.0. The SMILES string of the molecule is O=C(CC(=O)c1ccccc1)CC(=O)c1ccccn1. The van der Waals surface area contributed by atoms with E-state index in [1.54, 1.807) is 48.5 Å². The van der Waals surface area contributed by atoms with Gasteiger partial charge in [-0.3, -0.25) is 19.4 Å². The molecule has 20 heavy (non-hydrogen) atoms. The summed E-state index contributed by atoms with van der Waals surface area (Å²) < 4.78 is 0. The van der Waals surface area contributed by atoms with Crippen molar-refractivity contribution in [1.82, 2.24) is 4.98 Å². The second-order valence-electron chi connectivity index (χ2n) is 4.32. The number of Topliss-reactive ketones (excluding diaryl/α,β-unsaturated/α-hetero) is 3. The van der Waals surface area contributed by atoms with Crippen LogP contribution in [0.2, 0.25) is 0 Å². The normalized spacial score (nSPS) is 10.0. The van der Waals surface area contributed by atoms with Gasteiger partial charge in [0, 0.05) is 11.8 Å². The van der Waals surface area contributed by atoms with Gasteiger partial charge in [0.2, 0.25) is 0 Å². The lowest BCUT2D eigenvalue weighted by Gasteiger charge is -2.01. The quantitative estimate of drug-likeness (QED) is 0.596. The molecular weight excluding hydrogens is 254 g/mol. The molecule has 0 bridgehead atoms. The van der Waals surface area contributed by atoms with Crippen LogP contribution >= 0.6 is 0 Å². The number of pyridine rings is 1. The molecule has 1 aromatic heterocycles. The van der Waals surface area contributed by atoms with Crippen LogP contribution in [-0.4, -0.2) is 22.3 Å². The number of carbonyl (C=O) groups is 3.